The van der Waals surface area contributed by atoms with E-state index >= 15 is 0 Å². The summed E-state index contributed by atoms with van der Waals surface area (Å²) in [5, 5.41) is 0. The molecule has 0 saturated carbocycles. The Balaban J connectivity index is 1.92. The molecule has 0 unspecified atom stereocenters. The monoisotopic (exact) mass is 367 g/mol. The summed E-state index contributed by atoms with van der Waals surface area (Å²) in [6.45, 7) is 0.0228. The van der Waals surface area contributed by atoms with Crippen LogP contribution in [0.15, 0.2) is 42.5 Å². The van der Waals surface area contributed by atoms with Crippen molar-refractivity contribution in [1.29, 1.82) is 0 Å². The van der Waals surface area contributed by atoms with Gasteiger partial charge in [-0.05, 0) is 36.4 Å². The third-order valence-corrected chi connectivity index (χ3v) is 4.59. The average molecular weight is 367 g/mol. The molecule has 0 saturated heterocycles. The van der Waals surface area contributed by atoms with E-state index in [1.807, 2.05) is 0 Å². The van der Waals surface area contributed by atoms with Crippen molar-refractivity contribution >= 4 is 15.7 Å². The lowest BCUT2D eigenvalue weighted by atomic mass is 10.3. The van der Waals surface area contributed by atoms with Crippen LogP contribution in [0.4, 0.5) is 5.69 Å². The molecule has 0 aliphatic heterocycles. The van der Waals surface area contributed by atoms with Gasteiger partial charge in [-0.25, -0.2) is 8.42 Å². The van der Waals surface area contributed by atoms with Crippen LogP contribution in [0.5, 0.6) is 23.0 Å². The summed E-state index contributed by atoms with van der Waals surface area (Å²) < 4.78 is 47.6. The number of hydrogen-bond donors (Lipinski definition) is 1. The van der Waals surface area contributed by atoms with E-state index in [0.29, 0.717) is 28.7 Å². The van der Waals surface area contributed by atoms with E-state index in [1.54, 1.807) is 49.6 Å². The summed E-state index contributed by atoms with van der Waals surface area (Å²) in [4.78, 5) is 0. The van der Waals surface area contributed by atoms with Crippen LogP contribution in [0.1, 0.15) is 0 Å². The quantitative estimate of drug-likeness (QED) is 0.733. The van der Waals surface area contributed by atoms with Gasteiger partial charge in [0, 0.05) is 6.07 Å². The molecule has 0 aliphatic rings. The maximum absolute atomic E-state index is 12.2. The molecule has 7 nitrogen and oxygen atoms in total. The van der Waals surface area contributed by atoms with Crippen molar-refractivity contribution in [2.45, 2.75) is 0 Å². The van der Waals surface area contributed by atoms with E-state index in [4.69, 9.17) is 18.9 Å². The Bertz CT molecular complexity index is 789. The van der Waals surface area contributed by atoms with Gasteiger partial charge in [-0.2, -0.15) is 0 Å². The van der Waals surface area contributed by atoms with E-state index in [0.717, 1.165) is 0 Å². The van der Waals surface area contributed by atoms with Gasteiger partial charge in [-0.1, -0.05) is 0 Å². The highest BCUT2D eigenvalue weighted by Crippen LogP contribution is 2.30. The fraction of sp³-hybridized carbons (Fsp3) is 0.294. The molecule has 25 heavy (non-hydrogen) atoms. The molecule has 2 aromatic rings. The summed E-state index contributed by atoms with van der Waals surface area (Å²) in [6.07, 6.45) is 0. The smallest absolute Gasteiger partial charge is 0.236 e. The average Bonchev–Trinajstić information content (AvgIpc) is 2.61. The molecule has 8 heteroatoms. The Morgan fingerprint density at radius 3 is 2.08 bits per heavy atom. The van der Waals surface area contributed by atoms with Crippen LogP contribution >= 0.6 is 0 Å². The molecular formula is C17H21NO6S. The van der Waals surface area contributed by atoms with E-state index in [-0.39, 0.29) is 12.4 Å². The molecule has 0 amide bonds. The van der Waals surface area contributed by atoms with Crippen LogP contribution < -0.4 is 23.7 Å². The van der Waals surface area contributed by atoms with Crippen LogP contribution in [0.25, 0.3) is 0 Å². The van der Waals surface area contributed by atoms with Gasteiger partial charge in [0.15, 0.2) is 11.5 Å². The highest BCUT2D eigenvalue weighted by atomic mass is 32.2. The fourth-order valence-corrected chi connectivity index (χ4v) is 2.96. The predicted molar refractivity (Wildman–Crippen MR) is 95.4 cm³/mol. The molecule has 0 aliphatic carbocycles. The number of ether oxygens (including phenoxy) is 4. The molecule has 0 spiro atoms. The topological polar surface area (TPSA) is 83.1 Å². The molecule has 0 bridgehead atoms. The van der Waals surface area contributed by atoms with Gasteiger partial charge in [0.05, 0.1) is 27.0 Å². The van der Waals surface area contributed by atoms with Gasteiger partial charge < -0.3 is 18.9 Å². The number of nitrogens with one attached hydrogen (secondary N) is 1. The molecule has 0 fully saturated rings. The van der Waals surface area contributed by atoms with Gasteiger partial charge in [-0.3, -0.25) is 4.72 Å². The standard InChI is InChI=1S/C17H21NO6S/c1-21-14-5-7-15(8-6-14)24-10-11-25(19,20)18-13-4-9-16(22-2)17(12-13)23-3/h4-9,12,18H,10-11H2,1-3H3. The van der Waals surface area contributed by atoms with E-state index < -0.39 is 10.0 Å². The minimum Gasteiger partial charge on any atom is -0.497 e. The minimum atomic E-state index is -3.56. The first kappa shape index (κ1) is 18.7. The van der Waals surface area contributed by atoms with Crippen molar-refractivity contribution < 1.29 is 27.4 Å². The summed E-state index contributed by atoms with van der Waals surface area (Å²) in [5.41, 5.74) is 0.391. The maximum Gasteiger partial charge on any atom is 0.236 e. The first-order valence-electron chi connectivity index (χ1n) is 7.47. The number of rotatable bonds is 9. The van der Waals surface area contributed by atoms with E-state index in [2.05, 4.69) is 4.72 Å². The van der Waals surface area contributed by atoms with Crippen molar-refractivity contribution in [3.05, 3.63) is 42.5 Å². The molecule has 0 atom stereocenters. The zero-order valence-corrected chi connectivity index (χ0v) is 15.1. The Kier molecular flexibility index (Phi) is 6.35. The van der Waals surface area contributed by atoms with Crippen LogP contribution in [-0.4, -0.2) is 42.1 Å². The lowest BCUT2D eigenvalue weighted by molar-refractivity contribution is 0.340. The van der Waals surface area contributed by atoms with Crippen LogP contribution in [0, 0.1) is 0 Å². The third-order valence-electron chi connectivity index (χ3n) is 3.34. The highest BCUT2D eigenvalue weighted by Gasteiger charge is 2.13. The van der Waals surface area contributed by atoms with Gasteiger partial charge in [-0.15, -0.1) is 0 Å². The molecule has 0 aromatic heterocycles. The second-order valence-corrected chi connectivity index (χ2v) is 6.86. The Labute approximate surface area is 147 Å². The number of benzene rings is 2. The molecule has 0 heterocycles. The Hall–Kier alpha value is -2.61. The molecule has 0 radical (unpaired) electrons. The van der Waals surface area contributed by atoms with Gasteiger partial charge in [0.1, 0.15) is 23.9 Å². The largest absolute Gasteiger partial charge is 0.497 e. The second kappa shape index (κ2) is 8.48. The molecule has 2 aromatic carbocycles. The SMILES string of the molecule is COc1ccc(OCCS(=O)(=O)Nc2ccc(OC)c(OC)c2)cc1. The van der Waals surface area contributed by atoms with Crippen LogP contribution in [0.3, 0.4) is 0 Å². The van der Waals surface area contributed by atoms with Crippen molar-refractivity contribution in [3.8, 4) is 23.0 Å². The molecular weight excluding hydrogens is 346 g/mol. The number of anilines is 1. The second-order valence-electron chi connectivity index (χ2n) is 5.01. The first-order chi connectivity index (χ1) is 12.0. The van der Waals surface area contributed by atoms with Crippen LogP contribution in [-0.2, 0) is 10.0 Å². The summed E-state index contributed by atoms with van der Waals surface area (Å²) in [7, 11) is 1.01. The minimum absolute atomic E-state index is 0.0228. The number of sulfonamides is 1. The van der Waals surface area contributed by atoms with Crippen molar-refractivity contribution in [2.75, 3.05) is 38.4 Å². The highest BCUT2D eigenvalue weighted by molar-refractivity contribution is 7.92. The van der Waals surface area contributed by atoms with E-state index in [1.165, 1.54) is 14.2 Å². The number of methoxy groups -OCH3 is 3. The first-order valence-corrected chi connectivity index (χ1v) is 9.12. The maximum atomic E-state index is 12.2. The zero-order valence-electron chi connectivity index (χ0n) is 14.3. The van der Waals surface area contributed by atoms with Gasteiger partial charge >= 0.3 is 0 Å². The van der Waals surface area contributed by atoms with Gasteiger partial charge in [0.2, 0.25) is 10.0 Å². The lowest BCUT2D eigenvalue weighted by Crippen LogP contribution is -2.21. The predicted octanol–water partition coefficient (Wildman–Crippen LogP) is 2.53. The normalized spacial score (nSPS) is 10.8. The summed E-state index contributed by atoms with van der Waals surface area (Å²) >= 11 is 0. The van der Waals surface area contributed by atoms with E-state index in [9.17, 15) is 8.42 Å². The van der Waals surface area contributed by atoms with Gasteiger partial charge in [0.25, 0.3) is 0 Å². The van der Waals surface area contributed by atoms with Crippen LogP contribution in [0.2, 0.25) is 0 Å². The fourth-order valence-electron chi connectivity index (χ4n) is 2.07. The summed E-state index contributed by atoms with van der Waals surface area (Å²) in [6, 6.07) is 11.7. The lowest BCUT2D eigenvalue weighted by Gasteiger charge is -2.12. The Morgan fingerprint density at radius 2 is 1.48 bits per heavy atom. The van der Waals surface area contributed by atoms with Crippen molar-refractivity contribution in [3.63, 3.8) is 0 Å². The number of hydrogen-bond acceptors (Lipinski definition) is 6. The zero-order chi connectivity index (χ0) is 18.3. The molecule has 2 rings (SSSR count). The Morgan fingerprint density at radius 1 is 0.840 bits per heavy atom. The van der Waals surface area contributed by atoms with Crippen molar-refractivity contribution in [1.82, 2.24) is 0 Å². The molecule has 136 valence electrons. The third kappa shape index (κ3) is 5.46. The van der Waals surface area contributed by atoms with Crippen molar-refractivity contribution in [2.24, 2.45) is 0 Å². The molecule has 1 N–H and O–H groups in total. The summed E-state index contributed by atoms with van der Waals surface area (Å²) in [5.74, 6) is 2.05.